The lowest BCUT2D eigenvalue weighted by molar-refractivity contribution is -0.384. The van der Waals surface area contributed by atoms with Crippen molar-refractivity contribution in [3.8, 4) is 0 Å². The number of anilines is 1. The molecule has 0 aliphatic carbocycles. The van der Waals surface area contributed by atoms with Crippen LogP contribution in [-0.4, -0.2) is 36.1 Å². The first-order valence-electron chi connectivity index (χ1n) is 14.2. The van der Waals surface area contributed by atoms with Gasteiger partial charge in [-0.1, -0.05) is 24.3 Å². The molecule has 0 fully saturated rings. The van der Waals surface area contributed by atoms with E-state index in [1.54, 1.807) is 0 Å². The maximum atomic E-state index is 13.6. The summed E-state index contributed by atoms with van der Waals surface area (Å²) >= 11 is 1.52. The number of hydrogen-bond donors (Lipinski definition) is 2. The van der Waals surface area contributed by atoms with Crippen LogP contribution in [0.3, 0.4) is 0 Å². The van der Waals surface area contributed by atoms with Crippen LogP contribution in [-0.2, 0) is 28.9 Å². The van der Waals surface area contributed by atoms with Crippen LogP contribution in [0.4, 0.5) is 37.7 Å². The van der Waals surface area contributed by atoms with Gasteiger partial charge in [-0.25, -0.2) is 13.1 Å². The molecule has 0 bridgehead atoms. The third kappa shape index (κ3) is 8.34. The molecule has 5 aromatic rings. The Morgan fingerprint density at radius 2 is 1.61 bits per heavy atom. The Kier molecular flexibility index (Phi) is 9.96. The number of rotatable bonds is 11. The van der Waals surface area contributed by atoms with Crippen LogP contribution in [0.1, 0.15) is 27.0 Å². The number of thioether (sulfide) groups is 1. The number of benzene rings is 4. The zero-order chi connectivity index (χ0) is 35.6. The van der Waals surface area contributed by atoms with Crippen molar-refractivity contribution in [1.82, 2.24) is 9.29 Å². The van der Waals surface area contributed by atoms with E-state index in [1.807, 2.05) is 35.1 Å². The molecule has 5 rings (SSSR count). The van der Waals surface area contributed by atoms with E-state index in [-0.39, 0.29) is 17.3 Å². The molecule has 49 heavy (non-hydrogen) atoms. The predicted octanol–water partition coefficient (Wildman–Crippen LogP) is 7.96. The molecule has 0 unspecified atom stereocenters. The van der Waals surface area contributed by atoms with Crippen molar-refractivity contribution < 1.29 is 44.5 Å². The number of nitro groups is 1. The highest BCUT2D eigenvalue weighted by Gasteiger charge is 2.38. The Balaban J connectivity index is 1.30. The van der Waals surface area contributed by atoms with Gasteiger partial charge in [0.1, 0.15) is 5.69 Å². The summed E-state index contributed by atoms with van der Waals surface area (Å²) in [5.41, 5.74) is -3.59. The number of nitrogens with zero attached hydrogens (tertiary/aromatic N) is 2. The Hall–Kier alpha value is -5.03. The van der Waals surface area contributed by atoms with Crippen LogP contribution < -0.4 is 10.0 Å². The van der Waals surface area contributed by atoms with E-state index < -0.39 is 67.0 Å². The second-order valence-electron chi connectivity index (χ2n) is 10.5. The highest BCUT2D eigenvalue weighted by Crippen LogP contribution is 2.38. The van der Waals surface area contributed by atoms with Gasteiger partial charge in [0.25, 0.3) is 21.6 Å². The lowest BCUT2D eigenvalue weighted by Gasteiger charge is -2.17. The molecule has 0 saturated heterocycles. The smallest absolute Gasteiger partial charge is 0.379 e. The van der Waals surface area contributed by atoms with Gasteiger partial charge in [0, 0.05) is 52.5 Å². The van der Waals surface area contributed by atoms with Gasteiger partial charge in [0.15, 0.2) is 0 Å². The van der Waals surface area contributed by atoms with Crippen LogP contribution in [0.15, 0.2) is 107 Å². The van der Waals surface area contributed by atoms with Crippen LogP contribution in [0.5, 0.6) is 0 Å². The normalized spacial score (nSPS) is 12.2. The summed E-state index contributed by atoms with van der Waals surface area (Å²) in [5.74, 6) is -0.520. The minimum atomic E-state index is -5.06. The molecule has 1 heterocycles. The first-order chi connectivity index (χ1) is 23.0. The number of alkyl halides is 6. The van der Waals surface area contributed by atoms with E-state index >= 15 is 0 Å². The molecule has 0 aliphatic rings. The molecule has 1 aromatic heterocycles. The zero-order valence-electron chi connectivity index (χ0n) is 24.9. The average molecular weight is 723 g/mol. The highest BCUT2D eigenvalue weighted by atomic mass is 32.2. The second kappa shape index (κ2) is 13.8. The number of carbonyl (C=O) groups is 1. The fraction of sp³-hybridized carbons (Fsp3) is 0.156. The monoisotopic (exact) mass is 722 g/mol. The topological polar surface area (TPSA) is 123 Å². The summed E-state index contributed by atoms with van der Waals surface area (Å²) in [6, 6.07) is 19.2. The van der Waals surface area contributed by atoms with E-state index in [1.165, 1.54) is 52.9 Å². The number of aromatic nitrogens is 1. The van der Waals surface area contributed by atoms with E-state index in [0.29, 0.717) is 29.3 Å². The third-order valence-electron chi connectivity index (χ3n) is 7.25. The fourth-order valence-electron chi connectivity index (χ4n) is 4.91. The maximum absolute atomic E-state index is 13.6. The predicted molar refractivity (Wildman–Crippen MR) is 171 cm³/mol. The molecule has 17 heteroatoms. The van der Waals surface area contributed by atoms with Crippen LogP contribution in [0.2, 0.25) is 0 Å². The fourth-order valence-corrected chi connectivity index (χ4v) is 6.69. The van der Waals surface area contributed by atoms with Gasteiger partial charge >= 0.3 is 12.4 Å². The number of nitrogens with one attached hydrogen (secondary N) is 2. The van der Waals surface area contributed by atoms with Gasteiger partial charge in [-0.3, -0.25) is 14.9 Å². The van der Waals surface area contributed by atoms with Crippen LogP contribution in [0.25, 0.3) is 10.9 Å². The molecule has 4 aromatic carbocycles. The minimum Gasteiger partial charge on any atom is -0.379 e. The van der Waals surface area contributed by atoms with Gasteiger partial charge in [-0.2, -0.15) is 26.3 Å². The van der Waals surface area contributed by atoms with Crippen molar-refractivity contribution in [3.05, 3.63) is 130 Å². The molecule has 0 saturated carbocycles. The molecule has 256 valence electrons. The van der Waals surface area contributed by atoms with Crippen molar-refractivity contribution in [2.24, 2.45) is 0 Å². The quantitative estimate of drug-likeness (QED) is 0.0466. The number of hydrogen-bond acceptors (Lipinski definition) is 7. The lowest BCUT2D eigenvalue weighted by Crippen LogP contribution is -2.30. The Morgan fingerprint density at radius 3 is 2.29 bits per heavy atom. The summed E-state index contributed by atoms with van der Waals surface area (Å²) in [6.07, 6.45) is -8.66. The first-order valence-corrected chi connectivity index (χ1v) is 16.6. The van der Waals surface area contributed by atoms with Crippen molar-refractivity contribution >= 4 is 50.0 Å². The van der Waals surface area contributed by atoms with E-state index in [9.17, 15) is 49.7 Å². The standard InChI is InChI=1S/C32H24F6N4O5S2/c33-31(34,35)23-8-6-22(26(17-23)32(36,37)38)19-41-14-12-20-16-21(7-11-28(20)41)30(43)40-49(46,47)25-9-10-27(29(18-25)42(44)45)39-13-15-48-24-4-2-1-3-5-24/h1-12,14,16-18,39H,13,15,19H2,(H,40,43). The van der Waals surface area contributed by atoms with Gasteiger partial charge < -0.3 is 9.88 Å². The Bertz CT molecular complexity index is 2140. The van der Waals surface area contributed by atoms with Gasteiger partial charge in [0.05, 0.1) is 20.9 Å². The highest BCUT2D eigenvalue weighted by molar-refractivity contribution is 7.99. The summed E-state index contributed by atoms with van der Waals surface area (Å²) in [7, 11) is -4.59. The van der Waals surface area contributed by atoms with E-state index in [0.717, 1.165) is 23.1 Å². The molecule has 1 amide bonds. The number of fused-ring (bicyclic) bond motifs is 1. The number of carbonyl (C=O) groups excluding carboxylic acids is 1. The van der Waals surface area contributed by atoms with Crippen molar-refractivity contribution in [3.63, 3.8) is 0 Å². The van der Waals surface area contributed by atoms with E-state index in [4.69, 9.17) is 0 Å². The van der Waals surface area contributed by atoms with Gasteiger partial charge in [-0.15, -0.1) is 11.8 Å². The first kappa shape index (κ1) is 35.3. The van der Waals surface area contributed by atoms with Crippen LogP contribution >= 0.6 is 11.8 Å². The number of halogens is 6. The SMILES string of the molecule is O=C(NS(=O)(=O)c1ccc(NCCSc2ccccc2)c([N+](=O)[O-])c1)c1ccc2c(ccn2Cc2ccc(C(F)(F)F)cc2C(F)(F)F)c1. The summed E-state index contributed by atoms with van der Waals surface area (Å²) in [5, 5.41) is 15.0. The lowest BCUT2D eigenvalue weighted by atomic mass is 10.0. The second-order valence-corrected chi connectivity index (χ2v) is 13.4. The molecule has 0 atom stereocenters. The van der Waals surface area contributed by atoms with Crippen molar-refractivity contribution in [2.45, 2.75) is 28.7 Å². The van der Waals surface area contributed by atoms with Gasteiger partial charge in [-0.05, 0) is 66.2 Å². The Morgan fingerprint density at radius 1 is 0.878 bits per heavy atom. The molecule has 0 spiro atoms. The van der Waals surface area contributed by atoms with Crippen LogP contribution in [0, 0.1) is 10.1 Å². The minimum absolute atomic E-state index is 0.0506. The molecule has 2 N–H and O–H groups in total. The Labute approximate surface area is 279 Å². The molecule has 0 radical (unpaired) electrons. The number of sulfonamides is 1. The third-order valence-corrected chi connectivity index (χ3v) is 9.59. The largest absolute Gasteiger partial charge is 0.416 e. The summed E-state index contributed by atoms with van der Waals surface area (Å²) in [4.78, 5) is 24.4. The molecular weight excluding hydrogens is 698 g/mol. The zero-order valence-corrected chi connectivity index (χ0v) is 26.5. The summed E-state index contributed by atoms with van der Waals surface area (Å²) in [6.45, 7) is -0.118. The molecule has 9 nitrogen and oxygen atoms in total. The average Bonchev–Trinajstić information content (AvgIpc) is 3.44. The molecular formula is C32H24F6N4O5S2. The maximum Gasteiger partial charge on any atom is 0.416 e. The number of nitro benzene ring substituents is 1. The van der Waals surface area contributed by atoms with Crippen molar-refractivity contribution in [2.75, 3.05) is 17.6 Å². The molecule has 0 aliphatic heterocycles. The number of amides is 1. The van der Waals surface area contributed by atoms with E-state index in [2.05, 4.69) is 5.32 Å². The van der Waals surface area contributed by atoms with Crippen molar-refractivity contribution in [1.29, 1.82) is 0 Å². The summed E-state index contributed by atoms with van der Waals surface area (Å²) < 4.78 is 109. The van der Waals surface area contributed by atoms with Gasteiger partial charge in [0.2, 0.25) is 0 Å².